The third kappa shape index (κ3) is 3.92. The molecular formula is C21H14F2N6O2S. The van der Waals surface area contributed by atoms with Crippen LogP contribution in [0.3, 0.4) is 0 Å². The van der Waals surface area contributed by atoms with Gasteiger partial charge in [-0.15, -0.1) is 10.2 Å². The fraction of sp³-hybridized carbons (Fsp3) is 0.238. The largest absolute Gasteiger partial charge is 0.424 e. The van der Waals surface area contributed by atoms with Gasteiger partial charge in [0.2, 0.25) is 17.7 Å². The summed E-state index contributed by atoms with van der Waals surface area (Å²) >= 11 is 1.27. The van der Waals surface area contributed by atoms with Gasteiger partial charge in [0, 0.05) is 5.56 Å². The quantitative estimate of drug-likeness (QED) is 0.477. The number of hydrogen-bond donors (Lipinski definition) is 1. The number of benzene rings is 1. The number of carbonyl (C=O) groups is 1. The number of nitrogens with one attached hydrogen (secondary N) is 1. The highest BCUT2D eigenvalue weighted by molar-refractivity contribution is 7.18. The maximum absolute atomic E-state index is 14.1. The summed E-state index contributed by atoms with van der Waals surface area (Å²) in [6.07, 6.45) is 1.41. The lowest BCUT2D eigenvalue weighted by atomic mass is 10.1. The molecule has 3 heterocycles. The minimum atomic E-state index is -0.950. The molecule has 1 N–H and O–H groups in total. The van der Waals surface area contributed by atoms with E-state index in [0.29, 0.717) is 33.9 Å². The van der Waals surface area contributed by atoms with Crippen LogP contribution in [0.2, 0.25) is 0 Å². The number of fused-ring (bicyclic) bond motifs is 1. The Balaban J connectivity index is 1.30. The zero-order valence-corrected chi connectivity index (χ0v) is 17.2. The van der Waals surface area contributed by atoms with Crippen molar-refractivity contribution in [1.29, 1.82) is 5.26 Å². The minimum absolute atomic E-state index is 0.0750. The van der Waals surface area contributed by atoms with Crippen LogP contribution in [0.15, 0.2) is 34.7 Å². The van der Waals surface area contributed by atoms with Crippen molar-refractivity contribution in [3.63, 3.8) is 0 Å². The SMILES string of the molecule is N#CC1(NC(=O)Cc2nnc(Cc3nc4ccc(-c5cccc(F)c5F)nc4s3)o2)CC1. The Bertz CT molecular complexity index is 1390. The lowest BCUT2D eigenvalue weighted by Gasteiger charge is -2.06. The fourth-order valence-electron chi connectivity index (χ4n) is 3.19. The van der Waals surface area contributed by atoms with Crippen molar-refractivity contribution in [3.05, 3.63) is 58.8 Å². The Kier molecular flexibility index (Phi) is 4.86. The maximum Gasteiger partial charge on any atom is 0.230 e. The van der Waals surface area contributed by atoms with E-state index in [0.717, 1.165) is 6.07 Å². The van der Waals surface area contributed by atoms with Gasteiger partial charge in [-0.2, -0.15) is 5.26 Å². The van der Waals surface area contributed by atoms with Crippen LogP contribution in [-0.4, -0.2) is 31.6 Å². The molecule has 0 aliphatic heterocycles. The molecule has 0 saturated heterocycles. The van der Waals surface area contributed by atoms with Crippen molar-refractivity contribution in [2.75, 3.05) is 0 Å². The Morgan fingerprint density at radius 1 is 1.19 bits per heavy atom. The highest BCUT2D eigenvalue weighted by Crippen LogP contribution is 2.34. The molecule has 8 nitrogen and oxygen atoms in total. The van der Waals surface area contributed by atoms with Gasteiger partial charge in [0.1, 0.15) is 27.3 Å². The molecule has 1 aliphatic rings. The van der Waals surface area contributed by atoms with Crippen LogP contribution >= 0.6 is 11.3 Å². The molecular weight excluding hydrogens is 438 g/mol. The summed E-state index contributed by atoms with van der Waals surface area (Å²) in [5.41, 5.74) is 0.241. The Hall–Kier alpha value is -3.78. The molecule has 0 spiro atoms. The highest BCUT2D eigenvalue weighted by Gasteiger charge is 2.44. The molecule has 1 amide bonds. The van der Waals surface area contributed by atoms with E-state index >= 15 is 0 Å². The molecule has 0 bridgehead atoms. The second-order valence-corrected chi connectivity index (χ2v) is 8.48. The monoisotopic (exact) mass is 452 g/mol. The van der Waals surface area contributed by atoms with Gasteiger partial charge in [-0.05, 0) is 37.1 Å². The van der Waals surface area contributed by atoms with Crippen molar-refractivity contribution >= 4 is 27.6 Å². The number of nitriles is 1. The minimum Gasteiger partial charge on any atom is -0.424 e. The zero-order valence-electron chi connectivity index (χ0n) is 16.4. The van der Waals surface area contributed by atoms with Crippen LogP contribution in [0, 0.1) is 23.0 Å². The van der Waals surface area contributed by atoms with Crippen LogP contribution in [-0.2, 0) is 17.6 Å². The van der Waals surface area contributed by atoms with Gasteiger partial charge in [0.05, 0.1) is 18.2 Å². The molecule has 1 saturated carbocycles. The summed E-state index contributed by atoms with van der Waals surface area (Å²) < 4.78 is 33.2. The van der Waals surface area contributed by atoms with E-state index < -0.39 is 17.2 Å². The first kappa shape index (κ1) is 20.1. The topological polar surface area (TPSA) is 118 Å². The number of amides is 1. The first-order valence-electron chi connectivity index (χ1n) is 9.69. The number of pyridine rings is 1. The van der Waals surface area contributed by atoms with Gasteiger partial charge < -0.3 is 9.73 Å². The number of hydrogen-bond acceptors (Lipinski definition) is 8. The zero-order chi connectivity index (χ0) is 22.3. The fourth-order valence-corrected chi connectivity index (χ4v) is 4.11. The molecule has 160 valence electrons. The van der Waals surface area contributed by atoms with E-state index in [4.69, 9.17) is 9.68 Å². The van der Waals surface area contributed by atoms with E-state index in [2.05, 4.69) is 31.6 Å². The predicted molar refractivity (Wildman–Crippen MR) is 109 cm³/mol. The summed E-state index contributed by atoms with van der Waals surface area (Å²) in [5.74, 6) is -1.80. The van der Waals surface area contributed by atoms with Crippen molar-refractivity contribution < 1.29 is 18.0 Å². The van der Waals surface area contributed by atoms with Crippen LogP contribution in [0.4, 0.5) is 8.78 Å². The molecule has 4 aromatic rings. The molecule has 1 aromatic carbocycles. The number of thiazole rings is 1. The van der Waals surface area contributed by atoms with Crippen molar-refractivity contribution in [2.24, 2.45) is 0 Å². The Labute approximate surface area is 183 Å². The average molecular weight is 452 g/mol. The second kappa shape index (κ2) is 7.72. The molecule has 1 aliphatic carbocycles. The van der Waals surface area contributed by atoms with E-state index in [9.17, 15) is 13.6 Å². The average Bonchev–Trinajstić information content (AvgIpc) is 3.21. The van der Waals surface area contributed by atoms with Gasteiger partial charge in [0.25, 0.3) is 0 Å². The summed E-state index contributed by atoms with van der Waals surface area (Å²) in [6, 6.07) is 9.31. The molecule has 0 atom stereocenters. The third-order valence-corrected chi connectivity index (χ3v) is 5.96. The number of nitrogens with zero attached hydrogens (tertiary/aromatic N) is 5. The Morgan fingerprint density at radius 3 is 2.78 bits per heavy atom. The van der Waals surface area contributed by atoms with Crippen LogP contribution in [0.25, 0.3) is 21.6 Å². The second-order valence-electron chi connectivity index (χ2n) is 7.41. The lowest BCUT2D eigenvalue weighted by Crippen LogP contribution is -2.36. The molecule has 32 heavy (non-hydrogen) atoms. The highest BCUT2D eigenvalue weighted by atomic mass is 32.1. The van der Waals surface area contributed by atoms with Gasteiger partial charge in [-0.3, -0.25) is 4.79 Å². The smallest absolute Gasteiger partial charge is 0.230 e. The van der Waals surface area contributed by atoms with Crippen molar-refractivity contribution in [2.45, 2.75) is 31.2 Å². The number of rotatable bonds is 6. The molecule has 1 fully saturated rings. The molecule has 0 radical (unpaired) electrons. The van der Waals surface area contributed by atoms with Gasteiger partial charge in [-0.1, -0.05) is 17.4 Å². The summed E-state index contributed by atoms with van der Waals surface area (Å²) in [5, 5.41) is 20.2. The third-order valence-electron chi connectivity index (χ3n) is 4.99. The molecule has 3 aromatic heterocycles. The predicted octanol–water partition coefficient (Wildman–Crippen LogP) is 3.33. The molecule has 11 heteroatoms. The maximum atomic E-state index is 14.1. The van der Waals surface area contributed by atoms with E-state index in [1.165, 1.54) is 23.5 Å². The van der Waals surface area contributed by atoms with Crippen molar-refractivity contribution in [3.8, 4) is 17.3 Å². The lowest BCUT2D eigenvalue weighted by molar-refractivity contribution is -0.121. The molecule has 0 unspecified atom stereocenters. The first-order chi connectivity index (χ1) is 15.4. The Morgan fingerprint density at radius 2 is 2.00 bits per heavy atom. The summed E-state index contributed by atoms with van der Waals surface area (Å²) in [6.45, 7) is 0. The van der Waals surface area contributed by atoms with Gasteiger partial charge in [0.15, 0.2) is 11.6 Å². The van der Waals surface area contributed by atoms with Gasteiger partial charge >= 0.3 is 0 Å². The van der Waals surface area contributed by atoms with Crippen LogP contribution in [0.5, 0.6) is 0 Å². The summed E-state index contributed by atoms with van der Waals surface area (Å²) in [7, 11) is 0. The number of carbonyl (C=O) groups excluding carboxylic acids is 1. The van der Waals surface area contributed by atoms with E-state index in [1.54, 1.807) is 12.1 Å². The summed E-state index contributed by atoms with van der Waals surface area (Å²) in [4.78, 5) is 21.5. The van der Waals surface area contributed by atoms with Gasteiger partial charge in [-0.25, -0.2) is 18.7 Å². The normalized spacial score (nSPS) is 14.3. The van der Waals surface area contributed by atoms with Crippen molar-refractivity contribution in [1.82, 2.24) is 25.5 Å². The molecule has 5 rings (SSSR count). The number of aromatic nitrogens is 4. The van der Waals surface area contributed by atoms with Crippen LogP contribution in [0.1, 0.15) is 29.6 Å². The van der Waals surface area contributed by atoms with Crippen LogP contribution < -0.4 is 5.32 Å². The first-order valence-corrected chi connectivity index (χ1v) is 10.5. The van der Waals surface area contributed by atoms with E-state index in [-0.39, 0.29) is 36.1 Å². The van der Waals surface area contributed by atoms with E-state index in [1.807, 2.05) is 0 Å². The standard InChI is InChI=1S/C21H14F2N6O2S/c22-12-3-1-2-11(19(12)23)13-4-5-14-20(26-13)32-18(25-14)9-17-29-28-16(31-17)8-15(30)27-21(10-24)6-7-21/h1-5H,6-9H2,(H,27,30). The number of halogens is 2.